The van der Waals surface area contributed by atoms with Gasteiger partial charge < -0.3 is 0 Å². The molecule has 0 aliphatic rings. The number of sulfone groups is 1. The van der Waals surface area contributed by atoms with Crippen molar-refractivity contribution in [3.05, 3.63) is 33.3 Å². The molecule has 100 valence electrons. The molecule has 0 N–H and O–H groups in total. The molecule has 1 unspecified atom stereocenters. The van der Waals surface area contributed by atoms with Gasteiger partial charge in [0.2, 0.25) is 0 Å². The Hall–Kier alpha value is -0.850. The lowest BCUT2D eigenvalue weighted by Gasteiger charge is -2.12. The zero-order valence-corrected chi connectivity index (χ0v) is 11.8. The molecule has 0 saturated heterocycles. The van der Waals surface area contributed by atoms with Gasteiger partial charge in [-0.15, -0.1) is 11.6 Å². The van der Waals surface area contributed by atoms with Crippen LogP contribution in [-0.2, 0) is 9.84 Å². The van der Waals surface area contributed by atoms with E-state index < -0.39 is 25.7 Å². The largest absolute Gasteiger partial charge is 0.306 e. The number of nitrogens with zero attached hydrogens (tertiary/aromatic N) is 1. The fraction of sp³-hybridized carbons (Fsp3) is 0.400. The molecule has 0 aromatic heterocycles. The molecular weight excluding hydrogens is 301 g/mol. The van der Waals surface area contributed by atoms with Crippen molar-refractivity contribution in [3.63, 3.8) is 0 Å². The Kier molecular flexibility index (Phi) is 4.95. The quantitative estimate of drug-likeness (QED) is 0.475. The summed E-state index contributed by atoms with van der Waals surface area (Å²) >= 11 is 11.2. The second kappa shape index (κ2) is 5.86. The number of halogens is 2. The molecule has 18 heavy (non-hydrogen) atoms. The lowest BCUT2D eigenvalue weighted by atomic mass is 10.3. The highest BCUT2D eigenvalue weighted by Gasteiger charge is 2.32. The maximum Gasteiger partial charge on any atom is 0.306 e. The Morgan fingerprint density at radius 3 is 2.56 bits per heavy atom. The molecular formula is C10H11Cl2NO4S. The molecule has 0 saturated carbocycles. The summed E-state index contributed by atoms with van der Waals surface area (Å²) < 4.78 is 24.4. The number of rotatable bonds is 5. The fourth-order valence-electron chi connectivity index (χ4n) is 1.43. The first-order valence-corrected chi connectivity index (χ1v) is 7.51. The molecule has 0 aliphatic heterocycles. The van der Waals surface area contributed by atoms with Crippen LogP contribution in [0.3, 0.4) is 0 Å². The molecule has 0 radical (unpaired) electrons. The SMILES string of the molecule is CC(CCCl)S(=O)(=O)c1cccc(Cl)c1[N+](=O)[O-]. The number of nitro groups is 1. The zero-order valence-electron chi connectivity index (χ0n) is 9.47. The van der Waals surface area contributed by atoms with E-state index in [1.807, 2.05) is 0 Å². The van der Waals surface area contributed by atoms with Crippen LogP contribution >= 0.6 is 23.2 Å². The number of para-hydroxylation sites is 1. The molecule has 0 spiro atoms. The van der Waals surface area contributed by atoms with Gasteiger partial charge in [-0.05, 0) is 25.5 Å². The Morgan fingerprint density at radius 1 is 1.44 bits per heavy atom. The van der Waals surface area contributed by atoms with Crippen LogP contribution in [-0.4, -0.2) is 24.5 Å². The van der Waals surface area contributed by atoms with E-state index in [-0.39, 0.29) is 22.2 Å². The van der Waals surface area contributed by atoms with Gasteiger partial charge in [0.05, 0.1) is 10.2 Å². The summed E-state index contributed by atoms with van der Waals surface area (Å²) in [7, 11) is -3.81. The van der Waals surface area contributed by atoms with Gasteiger partial charge in [0.25, 0.3) is 0 Å². The third-order valence-corrected chi connectivity index (χ3v) is 5.25. The molecule has 1 aromatic rings. The zero-order chi connectivity index (χ0) is 13.9. The van der Waals surface area contributed by atoms with E-state index in [2.05, 4.69) is 0 Å². The molecule has 0 bridgehead atoms. The molecule has 1 rings (SSSR count). The first-order chi connectivity index (χ1) is 8.32. The minimum absolute atomic E-state index is 0.161. The Labute approximate surface area is 115 Å². The summed E-state index contributed by atoms with van der Waals surface area (Å²) in [6.45, 7) is 1.46. The molecule has 0 fully saturated rings. The molecule has 1 atom stereocenters. The maximum atomic E-state index is 12.2. The third kappa shape index (κ3) is 2.93. The minimum Gasteiger partial charge on any atom is -0.258 e. The van der Waals surface area contributed by atoms with Crippen LogP contribution in [0, 0.1) is 10.1 Å². The molecule has 5 nitrogen and oxygen atoms in total. The van der Waals surface area contributed by atoms with Crippen LogP contribution in [0.25, 0.3) is 0 Å². The number of hydrogen-bond acceptors (Lipinski definition) is 4. The smallest absolute Gasteiger partial charge is 0.258 e. The van der Waals surface area contributed by atoms with E-state index in [4.69, 9.17) is 23.2 Å². The first kappa shape index (κ1) is 15.2. The average Bonchev–Trinajstić information content (AvgIpc) is 2.28. The maximum absolute atomic E-state index is 12.2. The van der Waals surface area contributed by atoms with Crippen molar-refractivity contribution in [1.29, 1.82) is 0 Å². The monoisotopic (exact) mass is 311 g/mol. The second-order valence-electron chi connectivity index (χ2n) is 3.68. The van der Waals surface area contributed by atoms with Crippen molar-refractivity contribution in [2.75, 3.05) is 5.88 Å². The molecule has 0 amide bonds. The highest BCUT2D eigenvalue weighted by atomic mass is 35.5. The summed E-state index contributed by atoms with van der Waals surface area (Å²) in [5.41, 5.74) is -0.583. The second-order valence-corrected chi connectivity index (χ2v) is 6.80. The predicted octanol–water partition coefficient (Wildman–Crippen LogP) is 3.04. The number of benzene rings is 1. The van der Waals surface area contributed by atoms with Gasteiger partial charge in [0.1, 0.15) is 9.92 Å². The summed E-state index contributed by atoms with van der Waals surface area (Å²) in [4.78, 5) is 9.75. The average molecular weight is 312 g/mol. The fourth-order valence-corrected chi connectivity index (χ4v) is 3.77. The summed E-state index contributed by atoms with van der Waals surface area (Å²) in [5.74, 6) is 0.161. The predicted molar refractivity (Wildman–Crippen MR) is 70.1 cm³/mol. The Balaban J connectivity index is 3.42. The van der Waals surface area contributed by atoms with Gasteiger partial charge in [-0.25, -0.2) is 8.42 Å². The van der Waals surface area contributed by atoms with Crippen LogP contribution in [0.4, 0.5) is 5.69 Å². The lowest BCUT2D eigenvalue weighted by molar-refractivity contribution is -0.387. The normalized spacial score (nSPS) is 13.3. The standard InChI is InChI=1S/C10H11Cl2NO4S/c1-7(5-6-11)18(16,17)9-4-2-3-8(12)10(9)13(14)15/h2-4,7H,5-6H2,1H3. The van der Waals surface area contributed by atoms with Crippen molar-refractivity contribution in [2.45, 2.75) is 23.5 Å². The van der Waals surface area contributed by atoms with Crippen LogP contribution in [0.15, 0.2) is 23.1 Å². The number of nitro benzene ring substituents is 1. The van der Waals surface area contributed by atoms with E-state index >= 15 is 0 Å². The molecule has 8 heteroatoms. The van der Waals surface area contributed by atoms with Crippen molar-refractivity contribution >= 4 is 38.7 Å². The van der Waals surface area contributed by atoms with Crippen LogP contribution in [0.2, 0.25) is 5.02 Å². The lowest BCUT2D eigenvalue weighted by Crippen LogP contribution is -2.19. The summed E-state index contributed by atoms with van der Waals surface area (Å²) in [5, 5.41) is 9.91. The van der Waals surface area contributed by atoms with Crippen molar-refractivity contribution in [2.24, 2.45) is 0 Å². The van der Waals surface area contributed by atoms with Gasteiger partial charge in [-0.3, -0.25) is 10.1 Å². The summed E-state index contributed by atoms with van der Waals surface area (Å²) in [6, 6.07) is 3.84. The highest BCUT2D eigenvalue weighted by Crippen LogP contribution is 2.33. The van der Waals surface area contributed by atoms with Gasteiger partial charge in [0.15, 0.2) is 9.84 Å². The van der Waals surface area contributed by atoms with E-state index in [1.54, 1.807) is 0 Å². The Bertz CT molecular complexity index is 559. The summed E-state index contributed by atoms with van der Waals surface area (Å²) in [6.07, 6.45) is 0.216. The number of hydrogen-bond donors (Lipinski definition) is 0. The molecule has 0 heterocycles. The number of alkyl halides is 1. The van der Waals surface area contributed by atoms with Gasteiger partial charge in [-0.1, -0.05) is 17.7 Å². The van der Waals surface area contributed by atoms with E-state index in [1.165, 1.54) is 25.1 Å². The van der Waals surface area contributed by atoms with Crippen molar-refractivity contribution < 1.29 is 13.3 Å². The van der Waals surface area contributed by atoms with Gasteiger partial charge >= 0.3 is 5.69 Å². The van der Waals surface area contributed by atoms with Gasteiger partial charge in [-0.2, -0.15) is 0 Å². The minimum atomic E-state index is -3.81. The molecule has 1 aromatic carbocycles. The van der Waals surface area contributed by atoms with Crippen molar-refractivity contribution in [1.82, 2.24) is 0 Å². The van der Waals surface area contributed by atoms with Crippen LogP contribution in [0.5, 0.6) is 0 Å². The molecule has 0 aliphatic carbocycles. The van der Waals surface area contributed by atoms with Crippen LogP contribution in [0.1, 0.15) is 13.3 Å². The van der Waals surface area contributed by atoms with E-state index in [9.17, 15) is 18.5 Å². The van der Waals surface area contributed by atoms with E-state index in [0.717, 1.165) is 0 Å². The first-order valence-electron chi connectivity index (χ1n) is 5.05. The van der Waals surface area contributed by atoms with Gasteiger partial charge in [0, 0.05) is 5.88 Å². The Morgan fingerprint density at radius 2 is 2.06 bits per heavy atom. The topological polar surface area (TPSA) is 77.3 Å². The highest BCUT2D eigenvalue weighted by molar-refractivity contribution is 7.92. The van der Waals surface area contributed by atoms with Crippen LogP contribution < -0.4 is 0 Å². The van der Waals surface area contributed by atoms with Crippen molar-refractivity contribution in [3.8, 4) is 0 Å². The third-order valence-electron chi connectivity index (χ3n) is 2.48. The van der Waals surface area contributed by atoms with E-state index in [0.29, 0.717) is 0 Å².